The predicted molar refractivity (Wildman–Crippen MR) is 82.7 cm³/mol. The zero-order valence-electron chi connectivity index (χ0n) is 11.8. The van der Waals surface area contributed by atoms with E-state index in [0.717, 1.165) is 25.1 Å². The molecular formula is C13H22N4OS2. The standard InChI is InChI=1S/C13H22N4OS2/c1-9-12(20-17-16-9)11(15-14)10-2-5-18-13(8-10)3-6-19-7-4-13/h10-11,15H,2-8,14H2,1H3. The lowest BCUT2D eigenvalue weighted by Gasteiger charge is -2.45. The van der Waals surface area contributed by atoms with Crippen molar-refractivity contribution in [3.8, 4) is 0 Å². The van der Waals surface area contributed by atoms with Gasteiger partial charge in [-0.1, -0.05) is 4.49 Å². The minimum Gasteiger partial charge on any atom is -0.375 e. The second-order valence-electron chi connectivity index (χ2n) is 5.76. The number of nitrogens with zero attached hydrogens (tertiary/aromatic N) is 2. The Hall–Kier alpha value is -0.210. The maximum atomic E-state index is 6.17. The quantitative estimate of drug-likeness (QED) is 0.657. The lowest BCUT2D eigenvalue weighted by molar-refractivity contribution is -0.107. The molecule has 0 amide bonds. The number of aromatic nitrogens is 2. The number of aryl methyl sites for hydroxylation is 1. The molecular weight excluding hydrogens is 292 g/mol. The highest BCUT2D eigenvalue weighted by atomic mass is 32.2. The van der Waals surface area contributed by atoms with Crippen LogP contribution in [0.15, 0.2) is 0 Å². The van der Waals surface area contributed by atoms with E-state index in [4.69, 9.17) is 10.6 Å². The van der Waals surface area contributed by atoms with Gasteiger partial charge in [0.25, 0.3) is 0 Å². The molecule has 112 valence electrons. The van der Waals surface area contributed by atoms with Crippen LogP contribution < -0.4 is 11.3 Å². The zero-order chi connectivity index (χ0) is 14.0. The first-order chi connectivity index (χ1) is 9.74. The number of thioether (sulfide) groups is 1. The lowest BCUT2D eigenvalue weighted by atomic mass is 9.78. The largest absolute Gasteiger partial charge is 0.375 e. The Balaban J connectivity index is 1.76. The van der Waals surface area contributed by atoms with Gasteiger partial charge < -0.3 is 4.74 Å². The summed E-state index contributed by atoms with van der Waals surface area (Å²) in [5.41, 5.74) is 4.10. The van der Waals surface area contributed by atoms with Crippen molar-refractivity contribution in [2.45, 2.75) is 44.2 Å². The van der Waals surface area contributed by atoms with Crippen LogP contribution in [0.25, 0.3) is 0 Å². The van der Waals surface area contributed by atoms with Crippen LogP contribution in [0.5, 0.6) is 0 Å². The fourth-order valence-electron chi connectivity index (χ4n) is 3.39. The minimum atomic E-state index is 0.0925. The van der Waals surface area contributed by atoms with Gasteiger partial charge >= 0.3 is 0 Å². The van der Waals surface area contributed by atoms with Crippen molar-refractivity contribution < 1.29 is 4.74 Å². The van der Waals surface area contributed by atoms with E-state index in [1.54, 1.807) is 0 Å². The van der Waals surface area contributed by atoms with Gasteiger partial charge in [0.1, 0.15) is 0 Å². The molecule has 0 radical (unpaired) electrons. The van der Waals surface area contributed by atoms with E-state index in [1.807, 2.05) is 18.7 Å². The van der Waals surface area contributed by atoms with Crippen molar-refractivity contribution in [2.75, 3.05) is 18.1 Å². The average Bonchev–Trinajstić information content (AvgIpc) is 2.87. The molecule has 0 saturated carbocycles. The predicted octanol–water partition coefficient (Wildman–Crippen LogP) is 2.04. The van der Waals surface area contributed by atoms with Gasteiger partial charge in [-0.15, -0.1) is 5.10 Å². The van der Waals surface area contributed by atoms with Crippen LogP contribution in [-0.2, 0) is 4.74 Å². The maximum absolute atomic E-state index is 6.17. The topological polar surface area (TPSA) is 73.1 Å². The van der Waals surface area contributed by atoms with Crippen LogP contribution in [0.1, 0.15) is 42.3 Å². The number of hydrogen-bond donors (Lipinski definition) is 2. The van der Waals surface area contributed by atoms with Crippen LogP contribution in [0.2, 0.25) is 0 Å². The summed E-state index contributed by atoms with van der Waals surface area (Å²) in [6.07, 6.45) is 4.50. The number of hydrogen-bond acceptors (Lipinski definition) is 7. The molecule has 0 bridgehead atoms. The Morgan fingerprint density at radius 2 is 2.25 bits per heavy atom. The van der Waals surface area contributed by atoms with Gasteiger partial charge in [0.2, 0.25) is 0 Å². The molecule has 2 saturated heterocycles. The summed E-state index contributed by atoms with van der Waals surface area (Å²) in [6, 6.07) is 0.158. The summed E-state index contributed by atoms with van der Waals surface area (Å²) >= 11 is 3.50. The summed E-state index contributed by atoms with van der Waals surface area (Å²) in [6.45, 7) is 2.86. The maximum Gasteiger partial charge on any atom is 0.0773 e. The van der Waals surface area contributed by atoms with Gasteiger partial charge in [-0.3, -0.25) is 11.3 Å². The van der Waals surface area contributed by atoms with E-state index in [2.05, 4.69) is 15.0 Å². The van der Waals surface area contributed by atoms with Crippen molar-refractivity contribution in [1.29, 1.82) is 0 Å². The Kier molecular flexibility index (Phi) is 4.62. The van der Waals surface area contributed by atoms with Crippen LogP contribution in [-0.4, -0.2) is 33.3 Å². The molecule has 1 aromatic heterocycles. The van der Waals surface area contributed by atoms with Crippen LogP contribution in [0, 0.1) is 12.8 Å². The second-order valence-corrected chi connectivity index (χ2v) is 7.77. The minimum absolute atomic E-state index is 0.0925. The fourth-order valence-corrected chi connectivity index (χ4v) is 5.43. The van der Waals surface area contributed by atoms with Crippen LogP contribution >= 0.6 is 23.3 Å². The van der Waals surface area contributed by atoms with Gasteiger partial charge in [-0.2, -0.15) is 11.8 Å². The Labute approximate surface area is 128 Å². The molecule has 1 aromatic rings. The Morgan fingerprint density at radius 1 is 1.45 bits per heavy atom. The highest BCUT2D eigenvalue weighted by Gasteiger charge is 2.41. The highest BCUT2D eigenvalue weighted by molar-refractivity contribution is 7.99. The van der Waals surface area contributed by atoms with Gasteiger partial charge in [-0.25, -0.2) is 0 Å². The fraction of sp³-hybridized carbons (Fsp3) is 0.846. The molecule has 2 atom stereocenters. The molecule has 1 spiro atoms. The van der Waals surface area contributed by atoms with E-state index < -0.39 is 0 Å². The third-order valence-corrected chi connectivity index (χ3v) is 6.45. The molecule has 2 unspecified atom stereocenters. The molecule has 20 heavy (non-hydrogen) atoms. The van der Waals surface area contributed by atoms with Crippen molar-refractivity contribution in [3.05, 3.63) is 10.6 Å². The third-order valence-electron chi connectivity index (χ3n) is 4.56. The molecule has 5 nitrogen and oxygen atoms in total. The molecule has 7 heteroatoms. The van der Waals surface area contributed by atoms with E-state index in [9.17, 15) is 0 Å². The van der Waals surface area contributed by atoms with Crippen molar-refractivity contribution >= 4 is 23.3 Å². The zero-order valence-corrected chi connectivity index (χ0v) is 13.4. The van der Waals surface area contributed by atoms with Crippen molar-refractivity contribution in [2.24, 2.45) is 11.8 Å². The molecule has 3 N–H and O–H groups in total. The SMILES string of the molecule is Cc1nnsc1C(NN)C1CCOC2(CCSCC2)C1. The number of rotatable bonds is 3. The van der Waals surface area contributed by atoms with E-state index in [0.29, 0.717) is 5.92 Å². The van der Waals surface area contributed by atoms with E-state index in [1.165, 1.54) is 40.8 Å². The smallest absolute Gasteiger partial charge is 0.0773 e. The molecule has 0 aliphatic carbocycles. The van der Waals surface area contributed by atoms with E-state index >= 15 is 0 Å². The summed E-state index contributed by atoms with van der Waals surface area (Å²) in [4.78, 5) is 1.18. The summed E-state index contributed by atoms with van der Waals surface area (Å²) in [5, 5.41) is 4.12. The summed E-state index contributed by atoms with van der Waals surface area (Å²) in [5.74, 6) is 8.78. The summed E-state index contributed by atoms with van der Waals surface area (Å²) < 4.78 is 10.2. The normalized spacial score (nSPS) is 27.6. The van der Waals surface area contributed by atoms with Gasteiger partial charge in [0, 0.05) is 6.61 Å². The van der Waals surface area contributed by atoms with Gasteiger partial charge in [-0.05, 0) is 61.6 Å². The molecule has 3 heterocycles. The van der Waals surface area contributed by atoms with E-state index in [-0.39, 0.29) is 11.6 Å². The first-order valence-corrected chi connectivity index (χ1v) is 9.14. The Bertz CT molecular complexity index is 442. The highest BCUT2D eigenvalue weighted by Crippen LogP contribution is 2.44. The molecule has 0 aromatic carbocycles. The second kappa shape index (κ2) is 6.27. The lowest BCUT2D eigenvalue weighted by Crippen LogP contribution is -2.46. The molecule has 2 aliphatic rings. The number of nitrogens with two attached hydrogens (primary N) is 1. The number of hydrazine groups is 1. The van der Waals surface area contributed by atoms with Gasteiger partial charge in [0.05, 0.1) is 22.2 Å². The molecule has 2 fully saturated rings. The number of nitrogens with one attached hydrogen (secondary N) is 1. The van der Waals surface area contributed by atoms with Crippen molar-refractivity contribution in [3.63, 3.8) is 0 Å². The molecule has 3 rings (SSSR count). The third kappa shape index (κ3) is 2.87. The van der Waals surface area contributed by atoms with Gasteiger partial charge in [0.15, 0.2) is 0 Å². The molecule has 2 aliphatic heterocycles. The van der Waals surface area contributed by atoms with Crippen LogP contribution in [0.4, 0.5) is 0 Å². The summed E-state index contributed by atoms with van der Waals surface area (Å²) in [7, 11) is 0. The first kappa shape index (κ1) is 14.7. The number of ether oxygens (including phenoxy) is 1. The Morgan fingerprint density at radius 3 is 2.90 bits per heavy atom. The average molecular weight is 314 g/mol. The van der Waals surface area contributed by atoms with Crippen LogP contribution in [0.3, 0.4) is 0 Å². The monoisotopic (exact) mass is 314 g/mol. The van der Waals surface area contributed by atoms with Crippen molar-refractivity contribution in [1.82, 2.24) is 15.0 Å². The first-order valence-electron chi connectivity index (χ1n) is 7.21.